The van der Waals surface area contributed by atoms with Crippen molar-refractivity contribution < 1.29 is 4.74 Å². The molecule has 0 aliphatic carbocycles. The van der Waals surface area contributed by atoms with Crippen molar-refractivity contribution in [1.29, 1.82) is 0 Å². The third-order valence-corrected chi connectivity index (χ3v) is 4.73. The van der Waals surface area contributed by atoms with Gasteiger partial charge in [0.05, 0.1) is 22.0 Å². The first-order valence-electron chi connectivity index (χ1n) is 5.77. The largest absolute Gasteiger partial charge is 0.496 e. The van der Waals surface area contributed by atoms with Crippen molar-refractivity contribution in [2.24, 2.45) is 0 Å². The minimum absolute atomic E-state index is 0.0615. The molecule has 0 fully saturated rings. The number of halogens is 3. The second-order valence-corrected chi connectivity index (χ2v) is 5.95. The smallest absolute Gasteiger partial charge is 0.123 e. The maximum absolute atomic E-state index is 6.27. The van der Waals surface area contributed by atoms with E-state index in [4.69, 9.17) is 27.9 Å². The molecule has 100 valence electrons. The lowest BCUT2D eigenvalue weighted by molar-refractivity contribution is 0.410. The van der Waals surface area contributed by atoms with Gasteiger partial charge in [-0.3, -0.25) is 0 Å². The Bertz CT molecular complexity index is 599. The van der Waals surface area contributed by atoms with Gasteiger partial charge in [-0.25, -0.2) is 0 Å². The van der Waals surface area contributed by atoms with Crippen LogP contribution in [0.3, 0.4) is 0 Å². The Morgan fingerprint density at radius 3 is 2.53 bits per heavy atom. The van der Waals surface area contributed by atoms with E-state index in [1.54, 1.807) is 13.2 Å². The third kappa shape index (κ3) is 3.07. The lowest BCUT2D eigenvalue weighted by atomic mass is 10.0. The summed E-state index contributed by atoms with van der Waals surface area (Å²) in [5.41, 5.74) is 3.13. The Labute approximate surface area is 131 Å². The fourth-order valence-electron chi connectivity index (χ4n) is 1.94. The molecule has 0 aromatic heterocycles. The van der Waals surface area contributed by atoms with Crippen molar-refractivity contribution in [3.8, 4) is 5.75 Å². The SMILES string of the molecule is COc1ccc(C)cc1C(Br)c1cccc(Cl)c1Cl. The van der Waals surface area contributed by atoms with Gasteiger partial charge in [-0.1, -0.05) is 69.0 Å². The quantitative estimate of drug-likeness (QED) is 0.629. The van der Waals surface area contributed by atoms with Crippen LogP contribution in [-0.2, 0) is 0 Å². The van der Waals surface area contributed by atoms with E-state index in [1.165, 1.54) is 5.56 Å². The van der Waals surface area contributed by atoms with Gasteiger partial charge >= 0.3 is 0 Å². The lowest BCUT2D eigenvalue weighted by Gasteiger charge is -2.17. The van der Waals surface area contributed by atoms with Gasteiger partial charge in [-0.05, 0) is 24.6 Å². The lowest BCUT2D eigenvalue weighted by Crippen LogP contribution is -1.98. The maximum Gasteiger partial charge on any atom is 0.123 e. The predicted octanol–water partition coefficient (Wildman–Crippen LogP) is 5.79. The van der Waals surface area contributed by atoms with Crippen molar-refractivity contribution in [3.63, 3.8) is 0 Å². The summed E-state index contributed by atoms with van der Waals surface area (Å²) in [5, 5.41) is 1.12. The molecule has 0 bridgehead atoms. The molecular weight excluding hydrogens is 347 g/mol. The van der Waals surface area contributed by atoms with E-state index < -0.39 is 0 Å². The van der Waals surface area contributed by atoms with E-state index in [1.807, 2.05) is 31.2 Å². The molecule has 0 spiro atoms. The second-order valence-electron chi connectivity index (χ2n) is 4.25. The van der Waals surface area contributed by atoms with Crippen LogP contribution in [0, 0.1) is 6.92 Å². The molecule has 2 rings (SSSR count). The average molecular weight is 360 g/mol. The molecule has 1 nitrogen and oxygen atoms in total. The summed E-state index contributed by atoms with van der Waals surface area (Å²) in [6.45, 7) is 2.04. The van der Waals surface area contributed by atoms with Crippen molar-refractivity contribution in [2.75, 3.05) is 7.11 Å². The van der Waals surface area contributed by atoms with Crippen molar-refractivity contribution >= 4 is 39.1 Å². The number of hydrogen-bond acceptors (Lipinski definition) is 1. The molecule has 2 aromatic rings. The van der Waals surface area contributed by atoms with Crippen LogP contribution in [0.25, 0.3) is 0 Å². The molecule has 0 radical (unpaired) electrons. The number of rotatable bonds is 3. The van der Waals surface area contributed by atoms with Crippen LogP contribution in [0.1, 0.15) is 21.5 Å². The molecule has 0 amide bonds. The van der Waals surface area contributed by atoms with Crippen molar-refractivity contribution in [2.45, 2.75) is 11.8 Å². The zero-order valence-corrected chi connectivity index (χ0v) is 13.7. The maximum atomic E-state index is 6.27. The molecule has 0 heterocycles. The summed E-state index contributed by atoms with van der Waals surface area (Å²) in [6, 6.07) is 11.7. The molecule has 0 aliphatic heterocycles. The van der Waals surface area contributed by atoms with E-state index >= 15 is 0 Å². The normalized spacial score (nSPS) is 12.3. The zero-order chi connectivity index (χ0) is 14.0. The molecule has 4 heteroatoms. The molecule has 0 saturated carbocycles. The highest BCUT2D eigenvalue weighted by Crippen LogP contribution is 2.41. The number of alkyl halides is 1. The summed E-state index contributed by atoms with van der Waals surface area (Å²) in [6.07, 6.45) is 0. The van der Waals surface area contributed by atoms with Gasteiger partial charge in [0.2, 0.25) is 0 Å². The van der Waals surface area contributed by atoms with Gasteiger partial charge in [0.15, 0.2) is 0 Å². The van der Waals surface area contributed by atoms with Crippen molar-refractivity contribution in [1.82, 2.24) is 0 Å². The molecular formula is C15H13BrCl2O. The van der Waals surface area contributed by atoms with Crippen LogP contribution in [0.15, 0.2) is 36.4 Å². The molecule has 1 unspecified atom stereocenters. The Morgan fingerprint density at radius 2 is 1.84 bits per heavy atom. The fourth-order valence-corrected chi connectivity index (χ4v) is 3.22. The molecule has 0 N–H and O–H groups in total. The Kier molecular flexibility index (Phi) is 4.77. The van der Waals surface area contributed by atoms with Crippen LogP contribution in [0.4, 0.5) is 0 Å². The topological polar surface area (TPSA) is 9.23 Å². The molecule has 1 atom stereocenters. The standard InChI is InChI=1S/C15H13BrCl2O/c1-9-6-7-13(19-2)11(8-9)14(16)10-4-3-5-12(17)15(10)18/h3-8,14H,1-2H3. The van der Waals surface area contributed by atoms with Gasteiger partial charge in [0.25, 0.3) is 0 Å². The predicted molar refractivity (Wildman–Crippen MR) is 85.0 cm³/mol. The zero-order valence-electron chi connectivity index (χ0n) is 10.6. The van der Waals surface area contributed by atoms with Crippen LogP contribution in [0.5, 0.6) is 5.75 Å². The first kappa shape index (κ1) is 14.7. The third-order valence-electron chi connectivity index (χ3n) is 2.91. The van der Waals surface area contributed by atoms with Crippen LogP contribution in [0.2, 0.25) is 10.0 Å². The van der Waals surface area contributed by atoms with Crippen LogP contribution >= 0.6 is 39.1 Å². The number of ether oxygens (including phenoxy) is 1. The number of benzene rings is 2. The van der Waals surface area contributed by atoms with E-state index in [0.29, 0.717) is 10.0 Å². The highest BCUT2D eigenvalue weighted by molar-refractivity contribution is 9.09. The first-order valence-corrected chi connectivity index (χ1v) is 7.44. The van der Waals surface area contributed by atoms with Gasteiger partial charge in [0, 0.05) is 5.56 Å². The van der Waals surface area contributed by atoms with Gasteiger partial charge in [-0.15, -0.1) is 0 Å². The van der Waals surface area contributed by atoms with Gasteiger partial charge in [-0.2, -0.15) is 0 Å². The van der Waals surface area contributed by atoms with E-state index in [-0.39, 0.29) is 4.83 Å². The van der Waals surface area contributed by atoms with Crippen LogP contribution < -0.4 is 4.74 Å². The number of methoxy groups -OCH3 is 1. The summed E-state index contributed by atoms with van der Waals surface area (Å²) in [5.74, 6) is 0.823. The van der Waals surface area contributed by atoms with Crippen molar-refractivity contribution in [3.05, 3.63) is 63.1 Å². The van der Waals surface area contributed by atoms with Gasteiger partial charge in [0.1, 0.15) is 5.75 Å². The average Bonchev–Trinajstić information content (AvgIpc) is 2.41. The summed E-state index contributed by atoms with van der Waals surface area (Å²) >= 11 is 16.0. The van der Waals surface area contributed by atoms with Gasteiger partial charge < -0.3 is 4.74 Å². The minimum atomic E-state index is -0.0615. The Morgan fingerprint density at radius 1 is 1.11 bits per heavy atom. The molecule has 0 aliphatic rings. The van der Waals surface area contributed by atoms with E-state index in [2.05, 4.69) is 22.0 Å². The Hall–Kier alpha value is -0.700. The Balaban J connectivity index is 2.52. The highest BCUT2D eigenvalue weighted by atomic mass is 79.9. The minimum Gasteiger partial charge on any atom is -0.496 e. The molecule has 19 heavy (non-hydrogen) atoms. The molecule has 0 saturated heterocycles. The number of aryl methyl sites for hydroxylation is 1. The first-order chi connectivity index (χ1) is 9.04. The number of hydrogen-bond donors (Lipinski definition) is 0. The summed E-state index contributed by atoms with van der Waals surface area (Å²) < 4.78 is 5.41. The monoisotopic (exact) mass is 358 g/mol. The van der Waals surface area contributed by atoms with Crippen LogP contribution in [-0.4, -0.2) is 7.11 Å². The summed E-state index contributed by atoms with van der Waals surface area (Å²) in [7, 11) is 1.66. The van der Waals surface area contributed by atoms with E-state index in [0.717, 1.165) is 16.9 Å². The fraction of sp³-hybridized carbons (Fsp3) is 0.200. The van der Waals surface area contributed by atoms with E-state index in [9.17, 15) is 0 Å². The molecule has 2 aromatic carbocycles. The second kappa shape index (κ2) is 6.17. The summed E-state index contributed by atoms with van der Waals surface area (Å²) in [4.78, 5) is -0.0615. The highest BCUT2D eigenvalue weighted by Gasteiger charge is 2.19.